The summed E-state index contributed by atoms with van der Waals surface area (Å²) in [4.78, 5) is 2.37. The van der Waals surface area contributed by atoms with Crippen molar-refractivity contribution in [1.82, 2.24) is 5.32 Å². The van der Waals surface area contributed by atoms with Crippen LogP contribution < -0.4 is 19.7 Å². The lowest BCUT2D eigenvalue weighted by Crippen LogP contribution is -2.38. The summed E-state index contributed by atoms with van der Waals surface area (Å²) in [7, 11) is 0. The minimum Gasteiger partial charge on any atom is -0.486 e. The second-order valence-corrected chi connectivity index (χ2v) is 6.39. The Labute approximate surface area is 148 Å². The molecule has 2 aliphatic heterocycles. The third-order valence-corrected chi connectivity index (χ3v) is 4.58. The topological polar surface area (TPSA) is 43.0 Å². The molecule has 1 atom stereocenters. The fraction of sp³-hybridized carbons (Fsp3) is 0.400. The summed E-state index contributed by atoms with van der Waals surface area (Å²) in [5.41, 5.74) is 2.54. The molecule has 1 saturated heterocycles. The number of nitrogens with zero attached hydrogens (tertiary/aromatic N) is 1. The average molecular weight is 340 g/mol. The van der Waals surface area contributed by atoms with Crippen LogP contribution in [0.5, 0.6) is 11.5 Å². The lowest BCUT2D eigenvalue weighted by atomic mass is 10.2. The van der Waals surface area contributed by atoms with Crippen molar-refractivity contribution in [3.05, 3.63) is 54.1 Å². The molecule has 0 spiro atoms. The van der Waals surface area contributed by atoms with Gasteiger partial charge in [0.05, 0.1) is 13.2 Å². The van der Waals surface area contributed by atoms with E-state index in [9.17, 15) is 0 Å². The zero-order valence-electron chi connectivity index (χ0n) is 14.3. The fourth-order valence-corrected chi connectivity index (χ4v) is 3.19. The van der Waals surface area contributed by atoms with E-state index in [1.807, 2.05) is 24.3 Å². The van der Waals surface area contributed by atoms with E-state index >= 15 is 0 Å². The van der Waals surface area contributed by atoms with Crippen LogP contribution in [0.15, 0.2) is 48.5 Å². The van der Waals surface area contributed by atoms with Crippen LogP contribution >= 0.6 is 0 Å². The van der Waals surface area contributed by atoms with Crippen molar-refractivity contribution in [2.24, 2.45) is 0 Å². The van der Waals surface area contributed by atoms with Gasteiger partial charge in [-0.3, -0.25) is 0 Å². The largest absolute Gasteiger partial charge is 0.486 e. The van der Waals surface area contributed by atoms with Gasteiger partial charge in [0.15, 0.2) is 11.5 Å². The molecule has 0 amide bonds. The fourth-order valence-electron chi connectivity index (χ4n) is 3.19. The average Bonchev–Trinajstić information content (AvgIpc) is 2.69. The van der Waals surface area contributed by atoms with Crippen molar-refractivity contribution in [2.45, 2.75) is 12.6 Å². The molecule has 0 saturated carbocycles. The number of anilines is 1. The van der Waals surface area contributed by atoms with Crippen molar-refractivity contribution >= 4 is 5.69 Å². The van der Waals surface area contributed by atoms with E-state index < -0.39 is 0 Å². The Balaban J connectivity index is 1.25. The monoisotopic (exact) mass is 340 g/mol. The molecule has 0 bridgehead atoms. The molecule has 4 rings (SSSR count). The first kappa shape index (κ1) is 16.2. The highest BCUT2D eigenvalue weighted by Gasteiger charge is 2.20. The van der Waals surface area contributed by atoms with E-state index in [1.54, 1.807) is 0 Å². The predicted octanol–water partition coefficient (Wildman–Crippen LogP) is 2.45. The van der Waals surface area contributed by atoms with Gasteiger partial charge in [-0.2, -0.15) is 0 Å². The van der Waals surface area contributed by atoms with Gasteiger partial charge in [0.1, 0.15) is 12.7 Å². The van der Waals surface area contributed by atoms with E-state index in [0.717, 1.165) is 50.9 Å². The van der Waals surface area contributed by atoms with Crippen molar-refractivity contribution in [1.29, 1.82) is 0 Å². The van der Waals surface area contributed by atoms with Crippen LogP contribution in [0.2, 0.25) is 0 Å². The van der Waals surface area contributed by atoms with Gasteiger partial charge >= 0.3 is 0 Å². The van der Waals surface area contributed by atoms with Gasteiger partial charge in [-0.25, -0.2) is 0 Å². The van der Waals surface area contributed by atoms with Crippen molar-refractivity contribution in [2.75, 3.05) is 44.4 Å². The third kappa shape index (κ3) is 4.06. The highest BCUT2D eigenvalue weighted by Crippen LogP contribution is 2.30. The second-order valence-electron chi connectivity index (χ2n) is 6.39. The molecule has 1 fully saturated rings. The Kier molecular flexibility index (Phi) is 5.04. The number of fused-ring (bicyclic) bond motifs is 1. The van der Waals surface area contributed by atoms with E-state index in [1.165, 1.54) is 11.3 Å². The maximum absolute atomic E-state index is 5.96. The Hall–Kier alpha value is -2.24. The highest BCUT2D eigenvalue weighted by molar-refractivity contribution is 5.48. The molecule has 132 valence electrons. The molecule has 0 aliphatic carbocycles. The summed E-state index contributed by atoms with van der Waals surface area (Å²) in [6.45, 7) is 5.74. The zero-order chi connectivity index (χ0) is 16.9. The maximum Gasteiger partial charge on any atom is 0.161 e. The number of benzene rings is 2. The lowest BCUT2D eigenvalue weighted by molar-refractivity contribution is 0.0902. The Morgan fingerprint density at radius 1 is 0.960 bits per heavy atom. The number of hydrogen-bond acceptors (Lipinski definition) is 5. The van der Waals surface area contributed by atoms with Gasteiger partial charge in [-0.1, -0.05) is 24.3 Å². The van der Waals surface area contributed by atoms with Crippen molar-refractivity contribution in [3.8, 4) is 11.5 Å². The maximum atomic E-state index is 5.96. The summed E-state index contributed by atoms with van der Waals surface area (Å²) in [6.07, 6.45) is 0.0440. The quantitative estimate of drug-likeness (QED) is 0.906. The molecule has 2 heterocycles. The molecule has 2 aliphatic rings. The standard InChI is InChI=1S/C20H24N2O3/c1-2-4-20-19(3-1)24-15-18(25-20)14-21-13-16-5-7-17(8-6-16)22-9-11-23-12-10-22/h1-8,18,21H,9-15H2/t18-/m0/s1. The van der Waals surface area contributed by atoms with Gasteiger partial charge in [-0.05, 0) is 29.8 Å². The number of ether oxygens (including phenoxy) is 3. The molecule has 0 unspecified atom stereocenters. The molecule has 2 aromatic rings. The SMILES string of the molecule is c1ccc2c(c1)OC[C@H](CNCc1ccc(N3CCOCC3)cc1)O2. The number of rotatable bonds is 5. The molecule has 0 radical (unpaired) electrons. The summed E-state index contributed by atoms with van der Waals surface area (Å²) < 4.78 is 17.1. The molecule has 0 aromatic heterocycles. The van der Waals surface area contributed by atoms with Gasteiger partial charge < -0.3 is 24.4 Å². The third-order valence-electron chi connectivity index (χ3n) is 4.58. The number of nitrogens with one attached hydrogen (secondary N) is 1. The van der Waals surface area contributed by atoms with Crippen LogP contribution in [0.3, 0.4) is 0 Å². The molecule has 5 nitrogen and oxygen atoms in total. The van der Waals surface area contributed by atoms with Crippen LogP contribution in [0.25, 0.3) is 0 Å². The number of hydrogen-bond donors (Lipinski definition) is 1. The number of para-hydroxylation sites is 2. The van der Waals surface area contributed by atoms with E-state index in [2.05, 4.69) is 34.5 Å². The Morgan fingerprint density at radius 2 is 1.72 bits per heavy atom. The highest BCUT2D eigenvalue weighted by atomic mass is 16.6. The summed E-state index contributed by atoms with van der Waals surface area (Å²) in [5, 5.41) is 3.46. The summed E-state index contributed by atoms with van der Waals surface area (Å²) in [5.74, 6) is 1.66. The molecular formula is C20H24N2O3. The summed E-state index contributed by atoms with van der Waals surface area (Å²) in [6, 6.07) is 16.6. The van der Waals surface area contributed by atoms with Gasteiger partial charge in [0.25, 0.3) is 0 Å². The minimum absolute atomic E-state index is 0.0440. The van der Waals surface area contributed by atoms with Crippen LogP contribution in [-0.2, 0) is 11.3 Å². The van der Waals surface area contributed by atoms with Crippen molar-refractivity contribution in [3.63, 3.8) is 0 Å². The van der Waals surface area contributed by atoms with Gasteiger partial charge in [-0.15, -0.1) is 0 Å². The molecular weight excluding hydrogens is 316 g/mol. The van der Waals surface area contributed by atoms with Gasteiger partial charge in [0, 0.05) is 31.9 Å². The molecule has 1 N–H and O–H groups in total. The molecule has 5 heteroatoms. The predicted molar refractivity (Wildman–Crippen MR) is 97.5 cm³/mol. The molecule has 25 heavy (non-hydrogen) atoms. The first-order valence-corrected chi connectivity index (χ1v) is 8.89. The normalized spacial score (nSPS) is 19.7. The first-order chi connectivity index (χ1) is 12.4. The van der Waals surface area contributed by atoms with E-state index in [4.69, 9.17) is 14.2 Å². The van der Waals surface area contributed by atoms with Crippen molar-refractivity contribution < 1.29 is 14.2 Å². The van der Waals surface area contributed by atoms with Crippen LogP contribution in [0.4, 0.5) is 5.69 Å². The zero-order valence-corrected chi connectivity index (χ0v) is 14.3. The van der Waals surface area contributed by atoms with Crippen LogP contribution in [0.1, 0.15) is 5.56 Å². The minimum atomic E-state index is 0.0440. The van der Waals surface area contributed by atoms with Crippen LogP contribution in [0, 0.1) is 0 Å². The second kappa shape index (κ2) is 7.76. The Morgan fingerprint density at radius 3 is 2.52 bits per heavy atom. The van der Waals surface area contributed by atoms with Gasteiger partial charge in [0.2, 0.25) is 0 Å². The van der Waals surface area contributed by atoms with E-state index in [0.29, 0.717) is 6.61 Å². The molecule has 2 aromatic carbocycles. The van der Waals surface area contributed by atoms with Crippen LogP contribution in [-0.4, -0.2) is 45.6 Å². The van der Waals surface area contributed by atoms with E-state index in [-0.39, 0.29) is 6.10 Å². The Bertz CT molecular complexity index is 684. The first-order valence-electron chi connectivity index (χ1n) is 8.89. The smallest absolute Gasteiger partial charge is 0.161 e. The summed E-state index contributed by atoms with van der Waals surface area (Å²) >= 11 is 0. The number of morpholine rings is 1. The lowest BCUT2D eigenvalue weighted by Gasteiger charge is -2.29.